The van der Waals surface area contributed by atoms with E-state index in [1.807, 2.05) is 31.2 Å². The number of hydrogen-bond donors (Lipinski definition) is 2. The fourth-order valence-corrected chi connectivity index (χ4v) is 4.73. The average molecular weight is 487 g/mol. The summed E-state index contributed by atoms with van der Waals surface area (Å²) in [5.74, 6) is 1.06. The minimum atomic E-state index is -0.394. The molecule has 0 saturated heterocycles. The largest absolute Gasteiger partial charge is 0.493 e. The van der Waals surface area contributed by atoms with E-state index in [0.717, 1.165) is 61.8 Å². The lowest BCUT2D eigenvalue weighted by Crippen LogP contribution is -2.44. The van der Waals surface area contributed by atoms with Crippen LogP contribution in [0.3, 0.4) is 0 Å². The highest BCUT2D eigenvalue weighted by Gasteiger charge is 2.41. The minimum Gasteiger partial charge on any atom is -0.493 e. The molecule has 188 valence electrons. The van der Waals surface area contributed by atoms with Crippen LogP contribution in [-0.2, 0) is 5.54 Å². The molecule has 0 atom stereocenters. The van der Waals surface area contributed by atoms with E-state index in [-0.39, 0.29) is 17.5 Å². The van der Waals surface area contributed by atoms with Crippen LogP contribution in [0, 0.1) is 6.92 Å². The monoisotopic (exact) mass is 486 g/mol. The number of rotatable bonds is 10. The maximum atomic E-state index is 13.6. The third-order valence-electron chi connectivity index (χ3n) is 7.21. The normalized spacial score (nSPS) is 16.2. The summed E-state index contributed by atoms with van der Waals surface area (Å²) in [6, 6.07) is 13.8. The van der Waals surface area contributed by atoms with Gasteiger partial charge in [-0.05, 0) is 69.2 Å². The van der Waals surface area contributed by atoms with Crippen LogP contribution >= 0.6 is 0 Å². The number of carbonyl (C=O) groups excluding carboxylic acids is 1. The van der Waals surface area contributed by atoms with Crippen molar-refractivity contribution in [2.45, 2.75) is 70.4 Å². The molecule has 1 amide bonds. The number of nitrogens with zero attached hydrogens (tertiary/aromatic N) is 2. The molecule has 1 heterocycles. The Morgan fingerprint density at radius 3 is 2.72 bits per heavy atom. The number of benzene rings is 2. The topological polar surface area (TPSA) is 85.2 Å². The van der Waals surface area contributed by atoms with Gasteiger partial charge >= 0.3 is 0 Å². The Labute approximate surface area is 211 Å². The second kappa shape index (κ2) is 10.2. The molecule has 36 heavy (non-hydrogen) atoms. The van der Waals surface area contributed by atoms with Gasteiger partial charge in [-0.1, -0.05) is 37.6 Å². The predicted octanol–water partition coefficient (Wildman–Crippen LogP) is 5.10. The molecule has 2 N–H and O–H groups in total. The highest BCUT2D eigenvalue weighted by Crippen LogP contribution is 2.46. The lowest BCUT2D eigenvalue weighted by atomic mass is 9.71. The van der Waals surface area contributed by atoms with E-state index < -0.39 is 5.54 Å². The molecule has 0 bridgehead atoms. The first-order valence-electron chi connectivity index (χ1n) is 13.0. The Morgan fingerprint density at radius 1 is 1.19 bits per heavy atom. The summed E-state index contributed by atoms with van der Waals surface area (Å²) in [7, 11) is 0. The van der Waals surface area contributed by atoms with Crippen molar-refractivity contribution in [2.24, 2.45) is 0 Å². The van der Waals surface area contributed by atoms with E-state index in [0.29, 0.717) is 23.7 Å². The molecule has 2 aromatic carbocycles. The molecular weight excluding hydrogens is 452 g/mol. The quantitative estimate of drug-likeness (QED) is 0.389. The third-order valence-corrected chi connectivity index (χ3v) is 7.21. The van der Waals surface area contributed by atoms with Gasteiger partial charge in [0.1, 0.15) is 5.75 Å². The van der Waals surface area contributed by atoms with Crippen molar-refractivity contribution < 1.29 is 9.53 Å². The number of para-hydroxylation sites is 1. The summed E-state index contributed by atoms with van der Waals surface area (Å²) in [4.78, 5) is 30.7. The lowest BCUT2D eigenvalue weighted by molar-refractivity contribution is 0.0951. The number of nitrogens with one attached hydrogen (secondary N) is 2. The SMILES string of the molecule is CCCCOc1ccccc1C1(Nc2nccn(-c3cc(C(=O)NC4CC4)ccc3C)c2=O)CCC1. The third kappa shape index (κ3) is 4.87. The van der Waals surface area contributed by atoms with Crippen LogP contribution < -0.4 is 20.9 Å². The van der Waals surface area contributed by atoms with Crippen LogP contribution in [0.4, 0.5) is 5.82 Å². The van der Waals surface area contributed by atoms with Crippen LogP contribution in [-0.4, -0.2) is 28.1 Å². The number of aryl methyl sites for hydroxylation is 1. The molecule has 0 radical (unpaired) electrons. The molecule has 2 saturated carbocycles. The fourth-order valence-electron chi connectivity index (χ4n) is 4.73. The van der Waals surface area contributed by atoms with Crippen LogP contribution in [0.2, 0.25) is 0 Å². The first kappa shape index (κ1) is 24.1. The molecule has 2 fully saturated rings. The molecule has 2 aliphatic carbocycles. The molecule has 0 spiro atoms. The van der Waals surface area contributed by atoms with Gasteiger partial charge in [-0.15, -0.1) is 0 Å². The van der Waals surface area contributed by atoms with Gasteiger partial charge in [-0.3, -0.25) is 14.2 Å². The molecule has 7 nitrogen and oxygen atoms in total. The maximum absolute atomic E-state index is 13.6. The zero-order chi connectivity index (χ0) is 25.1. The highest BCUT2D eigenvalue weighted by atomic mass is 16.5. The van der Waals surface area contributed by atoms with Crippen LogP contribution in [0.5, 0.6) is 5.75 Å². The molecule has 0 unspecified atom stereocenters. The van der Waals surface area contributed by atoms with Crippen molar-refractivity contribution in [1.82, 2.24) is 14.9 Å². The van der Waals surface area contributed by atoms with Crippen molar-refractivity contribution in [2.75, 3.05) is 11.9 Å². The van der Waals surface area contributed by atoms with Gasteiger partial charge in [-0.25, -0.2) is 4.98 Å². The number of carbonyl (C=O) groups is 1. The van der Waals surface area contributed by atoms with E-state index in [2.05, 4.69) is 28.6 Å². The number of unbranched alkanes of at least 4 members (excludes halogenated alkanes) is 1. The van der Waals surface area contributed by atoms with Gasteiger partial charge in [0.05, 0.1) is 17.8 Å². The maximum Gasteiger partial charge on any atom is 0.297 e. The molecule has 0 aliphatic heterocycles. The van der Waals surface area contributed by atoms with Crippen LogP contribution in [0.1, 0.15) is 73.4 Å². The molecule has 3 aromatic rings. The minimum absolute atomic E-state index is 0.104. The summed E-state index contributed by atoms with van der Waals surface area (Å²) in [6.45, 7) is 4.76. The Morgan fingerprint density at radius 2 is 2.00 bits per heavy atom. The van der Waals surface area contributed by atoms with Crippen molar-refractivity contribution in [3.63, 3.8) is 0 Å². The average Bonchev–Trinajstić information content (AvgIpc) is 3.67. The van der Waals surface area contributed by atoms with Gasteiger partial charge in [0.2, 0.25) is 0 Å². The van der Waals surface area contributed by atoms with E-state index in [1.54, 1.807) is 29.1 Å². The van der Waals surface area contributed by atoms with Gasteiger partial charge in [0.25, 0.3) is 11.5 Å². The summed E-state index contributed by atoms with van der Waals surface area (Å²) in [6.07, 6.45) is 10.3. The summed E-state index contributed by atoms with van der Waals surface area (Å²) in [5, 5.41) is 6.52. The zero-order valence-corrected chi connectivity index (χ0v) is 21.0. The van der Waals surface area contributed by atoms with E-state index in [1.165, 1.54) is 0 Å². The van der Waals surface area contributed by atoms with Gasteiger partial charge in [0.15, 0.2) is 5.82 Å². The second-order valence-electron chi connectivity index (χ2n) is 9.96. The molecule has 7 heteroatoms. The fraction of sp³-hybridized carbons (Fsp3) is 0.414. The predicted molar refractivity (Wildman–Crippen MR) is 141 cm³/mol. The molecule has 2 aliphatic rings. The first-order chi connectivity index (χ1) is 17.5. The number of hydrogen-bond acceptors (Lipinski definition) is 5. The second-order valence-corrected chi connectivity index (χ2v) is 9.96. The summed E-state index contributed by atoms with van der Waals surface area (Å²) >= 11 is 0. The Balaban J connectivity index is 1.46. The van der Waals surface area contributed by atoms with Crippen molar-refractivity contribution >= 4 is 11.7 Å². The first-order valence-corrected chi connectivity index (χ1v) is 13.0. The van der Waals surface area contributed by atoms with Crippen molar-refractivity contribution in [1.29, 1.82) is 0 Å². The molecule has 1 aromatic heterocycles. The standard InChI is InChI=1S/C29H34N4O3/c1-3-4-18-36-25-9-6-5-8-23(25)29(14-7-15-29)32-26-28(35)33(17-16-30-26)24-19-21(11-10-20(24)2)27(34)31-22-12-13-22/h5-6,8-11,16-17,19,22H,3-4,7,12-15,18H2,1-2H3,(H,30,32)(H,31,34). The number of anilines is 1. The Hall–Kier alpha value is -3.61. The highest BCUT2D eigenvalue weighted by molar-refractivity contribution is 5.95. The number of ether oxygens (including phenoxy) is 1. The van der Waals surface area contributed by atoms with Gasteiger partial charge in [-0.2, -0.15) is 0 Å². The molecule has 5 rings (SSSR count). The van der Waals surface area contributed by atoms with E-state index in [4.69, 9.17) is 4.74 Å². The smallest absolute Gasteiger partial charge is 0.297 e. The Kier molecular flexibility index (Phi) is 6.81. The summed E-state index contributed by atoms with van der Waals surface area (Å²) < 4.78 is 7.70. The summed E-state index contributed by atoms with van der Waals surface area (Å²) in [5.41, 5.74) is 2.57. The van der Waals surface area contributed by atoms with Gasteiger partial charge < -0.3 is 15.4 Å². The Bertz CT molecular complexity index is 1310. The van der Waals surface area contributed by atoms with Crippen LogP contribution in [0.25, 0.3) is 5.69 Å². The van der Waals surface area contributed by atoms with E-state index >= 15 is 0 Å². The van der Waals surface area contributed by atoms with E-state index in [9.17, 15) is 9.59 Å². The number of aromatic nitrogens is 2. The zero-order valence-electron chi connectivity index (χ0n) is 21.0. The van der Waals surface area contributed by atoms with Crippen molar-refractivity contribution in [3.05, 3.63) is 81.9 Å². The lowest BCUT2D eigenvalue weighted by Gasteiger charge is -2.44. The van der Waals surface area contributed by atoms with Crippen molar-refractivity contribution in [3.8, 4) is 11.4 Å². The molecular formula is C29H34N4O3. The van der Waals surface area contributed by atoms with Gasteiger partial charge in [0, 0.05) is 29.6 Å². The number of amides is 1. The van der Waals surface area contributed by atoms with Crippen LogP contribution in [0.15, 0.2) is 59.7 Å².